The number of nitrogens with zero attached hydrogens (tertiary/aromatic N) is 2. The summed E-state index contributed by atoms with van der Waals surface area (Å²) in [6, 6.07) is 8.20. The molecule has 0 aliphatic heterocycles. The number of aromatic nitrogens is 2. The van der Waals surface area contributed by atoms with Crippen LogP contribution in [-0.4, -0.2) is 9.78 Å². The highest BCUT2D eigenvalue weighted by atomic mass is 79.9. The maximum atomic E-state index is 6.60. The molecular weight excluding hydrogens is 394 g/mol. The van der Waals surface area contributed by atoms with Crippen molar-refractivity contribution in [1.29, 1.82) is 0 Å². The zero-order valence-corrected chi connectivity index (χ0v) is 15.8. The van der Waals surface area contributed by atoms with Gasteiger partial charge >= 0.3 is 0 Å². The van der Waals surface area contributed by atoms with Crippen molar-refractivity contribution >= 4 is 31.9 Å². The Kier molecular flexibility index (Phi) is 5.28. The lowest BCUT2D eigenvalue weighted by Crippen LogP contribution is -2.36. The molecule has 0 spiro atoms. The van der Waals surface area contributed by atoms with Crippen molar-refractivity contribution in [3.8, 4) is 0 Å². The van der Waals surface area contributed by atoms with Crippen molar-refractivity contribution in [2.24, 2.45) is 5.73 Å². The van der Waals surface area contributed by atoms with Crippen LogP contribution in [0.15, 0.2) is 33.2 Å². The van der Waals surface area contributed by atoms with Crippen LogP contribution in [0.1, 0.15) is 37.7 Å². The molecule has 1 aromatic carbocycles. The first kappa shape index (κ1) is 16.7. The van der Waals surface area contributed by atoms with Gasteiger partial charge in [0.2, 0.25) is 0 Å². The summed E-state index contributed by atoms with van der Waals surface area (Å²) in [5, 5.41) is 4.65. The number of nitrogens with two attached hydrogens (primary N) is 1. The van der Waals surface area contributed by atoms with E-state index in [0.29, 0.717) is 0 Å². The van der Waals surface area contributed by atoms with Gasteiger partial charge in [0.1, 0.15) is 0 Å². The molecule has 2 rings (SSSR count). The van der Waals surface area contributed by atoms with Crippen LogP contribution in [-0.2, 0) is 24.9 Å². The number of hydrogen-bond donors (Lipinski definition) is 1. The van der Waals surface area contributed by atoms with E-state index in [1.165, 1.54) is 5.69 Å². The van der Waals surface area contributed by atoms with E-state index in [1.54, 1.807) is 0 Å². The van der Waals surface area contributed by atoms with Gasteiger partial charge in [-0.2, -0.15) is 5.10 Å². The van der Waals surface area contributed by atoms with Crippen molar-refractivity contribution in [2.75, 3.05) is 0 Å². The van der Waals surface area contributed by atoms with Crippen molar-refractivity contribution in [2.45, 2.75) is 45.7 Å². The standard InChI is InChI=1S/C16H21Br2N3/c1-4-13-15(18)14(21(5-2)20-13)10-16(3,19)11-7-6-8-12(17)9-11/h6-9H,4-5,10,19H2,1-3H3. The molecule has 1 aromatic heterocycles. The van der Waals surface area contributed by atoms with Gasteiger partial charge in [0.05, 0.1) is 15.9 Å². The summed E-state index contributed by atoms with van der Waals surface area (Å²) in [6.45, 7) is 7.14. The molecule has 0 aliphatic rings. The second-order valence-electron chi connectivity index (χ2n) is 5.48. The highest BCUT2D eigenvalue weighted by molar-refractivity contribution is 9.10. The molecule has 0 aliphatic carbocycles. The van der Waals surface area contributed by atoms with E-state index in [4.69, 9.17) is 5.73 Å². The van der Waals surface area contributed by atoms with E-state index < -0.39 is 5.54 Å². The molecular formula is C16H21Br2N3. The average molecular weight is 415 g/mol. The maximum Gasteiger partial charge on any atom is 0.0766 e. The molecule has 114 valence electrons. The Balaban J connectivity index is 2.38. The SMILES string of the molecule is CCc1nn(CC)c(CC(C)(N)c2cccc(Br)c2)c1Br. The Morgan fingerprint density at radius 2 is 2.00 bits per heavy atom. The number of rotatable bonds is 5. The average Bonchev–Trinajstić information content (AvgIpc) is 2.75. The molecule has 2 aromatic rings. The van der Waals surface area contributed by atoms with Crippen LogP contribution in [0.2, 0.25) is 0 Å². The minimum absolute atomic E-state index is 0.440. The normalized spacial score (nSPS) is 14.2. The Bertz CT molecular complexity index is 632. The molecule has 0 radical (unpaired) electrons. The summed E-state index contributed by atoms with van der Waals surface area (Å²) in [4.78, 5) is 0. The molecule has 0 fully saturated rings. The van der Waals surface area contributed by atoms with Gasteiger partial charge in [0.15, 0.2) is 0 Å². The van der Waals surface area contributed by atoms with Gasteiger partial charge < -0.3 is 5.73 Å². The molecule has 1 unspecified atom stereocenters. The molecule has 0 saturated carbocycles. The lowest BCUT2D eigenvalue weighted by Gasteiger charge is -2.26. The summed E-state index contributed by atoms with van der Waals surface area (Å²) in [5.74, 6) is 0. The molecule has 0 saturated heterocycles. The summed E-state index contributed by atoms with van der Waals surface area (Å²) >= 11 is 7.21. The van der Waals surface area contributed by atoms with E-state index in [0.717, 1.165) is 39.6 Å². The molecule has 0 amide bonds. The Hall–Kier alpha value is -0.650. The zero-order chi connectivity index (χ0) is 15.6. The fourth-order valence-corrected chi connectivity index (χ4v) is 3.58. The van der Waals surface area contributed by atoms with Crippen molar-refractivity contribution in [3.63, 3.8) is 0 Å². The summed E-state index contributed by atoms with van der Waals surface area (Å²) in [5.41, 5.74) is 9.54. The van der Waals surface area contributed by atoms with Gasteiger partial charge in [-0.25, -0.2) is 0 Å². The topological polar surface area (TPSA) is 43.8 Å². The predicted molar refractivity (Wildman–Crippen MR) is 94.4 cm³/mol. The lowest BCUT2D eigenvalue weighted by atomic mass is 9.88. The first-order valence-electron chi connectivity index (χ1n) is 7.18. The van der Waals surface area contributed by atoms with E-state index in [-0.39, 0.29) is 0 Å². The van der Waals surface area contributed by atoms with Crippen LogP contribution in [0.25, 0.3) is 0 Å². The largest absolute Gasteiger partial charge is 0.321 e. The summed E-state index contributed by atoms with van der Waals surface area (Å²) < 4.78 is 4.19. The second kappa shape index (κ2) is 6.63. The summed E-state index contributed by atoms with van der Waals surface area (Å²) in [7, 11) is 0. The van der Waals surface area contributed by atoms with Gasteiger partial charge in [-0.3, -0.25) is 4.68 Å². The fourth-order valence-electron chi connectivity index (χ4n) is 2.48. The van der Waals surface area contributed by atoms with Crippen LogP contribution in [0, 0.1) is 0 Å². The third-order valence-corrected chi connectivity index (χ3v) is 5.12. The minimum atomic E-state index is -0.440. The Morgan fingerprint density at radius 1 is 1.29 bits per heavy atom. The molecule has 0 bridgehead atoms. The van der Waals surface area contributed by atoms with Crippen LogP contribution in [0.3, 0.4) is 0 Å². The first-order chi connectivity index (χ1) is 9.89. The van der Waals surface area contributed by atoms with Crippen molar-refractivity contribution in [3.05, 3.63) is 50.2 Å². The van der Waals surface area contributed by atoms with E-state index >= 15 is 0 Å². The minimum Gasteiger partial charge on any atom is -0.321 e. The zero-order valence-electron chi connectivity index (χ0n) is 12.7. The maximum absolute atomic E-state index is 6.60. The molecule has 2 N–H and O–H groups in total. The smallest absolute Gasteiger partial charge is 0.0766 e. The van der Waals surface area contributed by atoms with Crippen molar-refractivity contribution in [1.82, 2.24) is 9.78 Å². The van der Waals surface area contributed by atoms with Crippen LogP contribution in [0.5, 0.6) is 0 Å². The third kappa shape index (κ3) is 3.58. The molecule has 1 atom stereocenters. The quantitative estimate of drug-likeness (QED) is 0.787. The van der Waals surface area contributed by atoms with E-state index in [1.807, 2.05) is 16.8 Å². The summed E-state index contributed by atoms with van der Waals surface area (Å²) in [6.07, 6.45) is 1.66. The lowest BCUT2D eigenvalue weighted by molar-refractivity contribution is 0.462. The molecule has 3 nitrogen and oxygen atoms in total. The van der Waals surface area contributed by atoms with Gasteiger partial charge in [-0.05, 0) is 53.9 Å². The van der Waals surface area contributed by atoms with Gasteiger partial charge in [-0.1, -0.05) is 35.0 Å². The van der Waals surface area contributed by atoms with Crippen molar-refractivity contribution < 1.29 is 0 Å². The first-order valence-corrected chi connectivity index (χ1v) is 8.76. The van der Waals surface area contributed by atoms with Crippen LogP contribution in [0.4, 0.5) is 0 Å². The number of hydrogen-bond acceptors (Lipinski definition) is 2. The second-order valence-corrected chi connectivity index (χ2v) is 7.19. The van der Waals surface area contributed by atoms with E-state index in [2.05, 4.69) is 69.9 Å². The van der Waals surface area contributed by atoms with Crippen LogP contribution < -0.4 is 5.73 Å². The molecule has 5 heteroatoms. The third-order valence-electron chi connectivity index (χ3n) is 3.71. The fraction of sp³-hybridized carbons (Fsp3) is 0.438. The molecule has 1 heterocycles. The van der Waals surface area contributed by atoms with Gasteiger partial charge in [0.25, 0.3) is 0 Å². The van der Waals surface area contributed by atoms with Gasteiger partial charge in [0, 0.05) is 23.0 Å². The predicted octanol–water partition coefficient (Wildman–Crippen LogP) is 4.41. The highest BCUT2D eigenvalue weighted by Crippen LogP contribution is 2.30. The molecule has 21 heavy (non-hydrogen) atoms. The monoisotopic (exact) mass is 413 g/mol. The van der Waals surface area contributed by atoms with E-state index in [9.17, 15) is 0 Å². The Labute approximate surface area is 143 Å². The number of benzene rings is 1. The Morgan fingerprint density at radius 3 is 2.57 bits per heavy atom. The van der Waals surface area contributed by atoms with Crippen LogP contribution >= 0.6 is 31.9 Å². The number of halogens is 2. The number of aryl methyl sites for hydroxylation is 2. The van der Waals surface area contributed by atoms with Gasteiger partial charge in [-0.15, -0.1) is 0 Å². The highest BCUT2D eigenvalue weighted by Gasteiger charge is 2.26.